The number of hydrogen-bond donors (Lipinski definition) is 3. The monoisotopic (exact) mass is 493 g/mol. The average Bonchev–Trinajstić information content (AvgIpc) is 3.43. The van der Waals surface area contributed by atoms with Crippen LogP contribution in [0.4, 0.5) is 4.39 Å². The number of fused-ring (bicyclic) bond motifs is 4. The van der Waals surface area contributed by atoms with Crippen LogP contribution in [0.25, 0.3) is 10.8 Å². The Morgan fingerprint density at radius 1 is 1.17 bits per heavy atom. The van der Waals surface area contributed by atoms with E-state index in [-0.39, 0.29) is 23.8 Å². The first-order valence-corrected chi connectivity index (χ1v) is 12.4. The maximum atomic E-state index is 14.3. The summed E-state index contributed by atoms with van der Waals surface area (Å²) in [7, 11) is 0. The highest BCUT2D eigenvalue weighted by atomic mass is 19.1. The van der Waals surface area contributed by atoms with E-state index in [1.807, 2.05) is 19.1 Å². The van der Waals surface area contributed by atoms with Crippen LogP contribution in [0.5, 0.6) is 5.75 Å². The van der Waals surface area contributed by atoms with Crippen LogP contribution >= 0.6 is 0 Å². The summed E-state index contributed by atoms with van der Waals surface area (Å²) in [6.45, 7) is 6.46. The number of benzene rings is 3. The molecule has 1 saturated carbocycles. The van der Waals surface area contributed by atoms with Crippen molar-refractivity contribution in [3.8, 4) is 5.75 Å². The van der Waals surface area contributed by atoms with Gasteiger partial charge < -0.3 is 25.0 Å². The van der Waals surface area contributed by atoms with Gasteiger partial charge in [-0.2, -0.15) is 0 Å². The number of rotatable bonds is 10. The van der Waals surface area contributed by atoms with Crippen molar-refractivity contribution in [2.24, 2.45) is 5.92 Å². The Morgan fingerprint density at radius 3 is 2.67 bits per heavy atom. The first kappa shape index (κ1) is 24.7. The van der Waals surface area contributed by atoms with Crippen molar-refractivity contribution >= 4 is 16.7 Å². The number of aliphatic hydroxyl groups is 1. The van der Waals surface area contributed by atoms with Crippen molar-refractivity contribution in [2.75, 3.05) is 13.2 Å². The molecule has 1 aliphatic carbocycles. The van der Waals surface area contributed by atoms with Crippen molar-refractivity contribution in [3.05, 3.63) is 77.1 Å². The van der Waals surface area contributed by atoms with E-state index < -0.39 is 36.0 Å². The molecule has 1 heterocycles. The first-order chi connectivity index (χ1) is 17.1. The summed E-state index contributed by atoms with van der Waals surface area (Å²) in [6.07, 6.45) is -0.901. The molecule has 0 saturated heterocycles. The van der Waals surface area contributed by atoms with Gasteiger partial charge in [0.1, 0.15) is 12.0 Å². The molecule has 1 fully saturated rings. The van der Waals surface area contributed by atoms with Crippen molar-refractivity contribution in [3.63, 3.8) is 0 Å². The fourth-order valence-electron chi connectivity index (χ4n) is 5.33. The molecule has 5 rings (SSSR count). The second kappa shape index (κ2) is 9.47. The van der Waals surface area contributed by atoms with E-state index in [2.05, 4.69) is 49.5 Å². The van der Waals surface area contributed by atoms with Crippen molar-refractivity contribution in [1.29, 1.82) is 0 Å². The summed E-state index contributed by atoms with van der Waals surface area (Å²) in [5, 5.41) is 25.8. The van der Waals surface area contributed by atoms with Crippen LogP contribution in [0.1, 0.15) is 49.5 Å². The van der Waals surface area contributed by atoms with Gasteiger partial charge >= 0.3 is 5.97 Å². The number of ether oxygens (including phenoxy) is 2. The van der Waals surface area contributed by atoms with Gasteiger partial charge in [0.25, 0.3) is 0 Å². The number of halogens is 1. The number of carboxylic acid groups (broad SMARTS) is 1. The van der Waals surface area contributed by atoms with E-state index in [1.54, 1.807) is 6.07 Å². The van der Waals surface area contributed by atoms with Gasteiger partial charge in [0.05, 0.1) is 18.8 Å². The minimum atomic E-state index is -0.938. The standard InChI is InChI=1S/C29H32FNO5/c1-16(21-10-11-22(30)26-23(21)24-25(28(33)34)27(24)36-26)35-15-20(32)14-31-29(2,3)13-17-8-9-18-6-4-5-7-19(18)12-17/h4-12,16,20,24-25,27,31-32H,13-15H2,1-3H3,(H,33,34)/t16-,20?,24?,25?,27?/m1/s1. The predicted octanol–water partition coefficient (Wildman–Crippen LogP) is 4.59. The molecule has 0 aromatic heterocycles. The summed E-state index contributed by atoms with van der Waals surface area (Å²) < 4.78 is 25.8. The van der Waals surface area contributed by atoms with Crippen LogP contribution in [0.2, 0.25) is 0 Å². The van der Waals surface area contributed by atoms with Crippen LogP contribution < -0.4 is 10.1 Å². The fraction of sp³-hybridized carbons (Fsp3) is 0.414. The third kappa shape index (κ3) is 4.83. The van der Waals surface area contributed by atoms with Gasteiger partial charge in [0, 0.05) is 23.6 Å². The molecule has 3 aromatic rings. The van der Waals surface area contributed by atoms with Crippen LogP contribution in [-0.4, -0.2) is 47.1 Å². The molecule has 6 nitrogen and oxygen atoms in total. The fourth-order valence-corrected chi connectivity index (χ4v) is 5.33. The Kier molecular flexibility index (Phi) is 6.49. The lowest BCUT2D eigenvalue weighted by Crippen LogP contribution is -2.46. The zero-order valence-electron chi connectivity index (χ0n) is 20.7. The van der Waals surface area contributed by atoms with Crippen LogP contribution in [0.3, 0.4) is 0 Å². The second-order valence-electron chi connectivity index (χ2n) is 10.6. The molecule has 0 spiro atoms. The number of aliphatic hydroxyl groups excluding tert-OH is 1. The molecule has 3 N–H and O–H groups in total. The number of nitrogens with one attached hydrogen (secondary N) is 1. The normalized spacial score (nSPS) is 22.0. The van der Waals surface area contributed by atoms with Gasteiger partial charge in [-0.15, -0.1) is 0 Å². The lowest BCUT2D eigenvalue weighted by Gasteiger charge is -2.28. The van der Waals surface area contributed by atoms with Gasteiger partial charge in [-0.05, 0) is 55.2 Å². The lowest BCUT2D eigenvalue weighted by atomic mass is 9.93. The summed E-state index contributed by atoms with van der Waals surface area (Å²) in [4.78, 5) is 11.4. The van der Waals surface area contributed by atoms with Crippen molar-refractivity contribution in [1.82, 2.24) is 5.32 Å². The van der Waals surface area contributed by atoms with Gasteiger partial charge in [0.15, 0.2) is 11.6 Å². The van der Waals surface area contributed by atoms with Crippen LogP contribution in [0, 0.1) is 11.7 Å². The molecule has 0 bridgehead atoms. The summed E-state index contributed by atoms with van der Waals surface area (Å²) in [5.74, 6) is -2.29. The molecule has 1 aliphatic heterocycles. The van der Waals surface area contributed by atoms with E-state index in [9.17, 15) is 19.4 Å². The minimum absolute atomic E-state index is 0.0870. The lowest BCUT2D eigenvalue weighted by molar-refractivity contribution is -0.139. The van der Waals surface area contributed by atoms with Gasteiger partial charge in [0.2, 0.25) is 0 Å². The largest absolute Gasteiger partial charge is 0.485 e. The SMILES string of the molecule is C[C@@H](OCC(O)CNC(C)(C)Cc1ccc2ccccc2c1)c1ccc(F)c2c1C1C(O2)C1C(=O)O. The molecule has 0 amide bonds. The first-order valence-electron chi connectivity index (χ1n) is 12.4. The number of carbonyl (C=O) groups is 1. The topological polar surface area (TPSA) is 88.0 Å². The number of hydrogen-bond acceptors (Lipinski definition) is 5. The second-order valence-corrected chi connectivity index (χ2v) is 10.6. The van der Waals surface area contributed by atoms with Gasteiger partial charge in [-0.3, -0.25) is 4.79 Å². The Labute approximate surface area is 210 Å². The molecule has 0 radical (unpaired) electrons. The average molecular weight is 494 g/mol. The maximum Gasteiger partial charge on any atom is 0.311 e. The molecule has 3 aromatic carbocycles. The van der Waals surface area contributed by atoms with Gasteiger partial charge in [-0.25, -0.2) is 4.39 Å². The minimum Gasteiger partial charge on any atom is -0.485 e. The highest BCUT2D eigenvalue weighted by molar-refractivity contribution is 5.83. The zero-order valence-corrected chi connectivity index (χ0v) is 20.7. The van der Waals surface area contributed by atoms with E-state index in [1.165, 1.54) is 22.4 Å². The van der Waals surface area contributed by atoms with Crippen molar-refractivity contribution < 1.29 is 28.9 Å². The van der Waals surface area contributed by atoms with Crippen molar-refractivity contribution in [2.45, 2.75) is 57.0 Å². The highest BCUT2D eigenvalue weighted by Gasteiger charge is 2.64. The molecule has 190 valence electrons. The van der Waals surface area contributed by atoms with E-state index >= 15 is 0 Å². The Morgan fingerprint density at radius 2 is 1.92 bits per heavy atom. The predicted molar refractivity (Wildman–Crippen MR) is 135 cm³/mol. The quantitative estimate of drug-likeness (QED) is 0.383. The Balaban J connectivity index is 1.16. The molecule has 2 aliphatic rings. The van der Waals surface area contributed by atoms with Gasteiger partial charge in [-0.1, -0.05) is 48.5 Å². The third-order valence-electron chi connectivity index (χ3n) is 7.26. The highest BCUT2D eigenvalue weighted by Crippen LogP contribution is 2.60. The van der Waals surface area contributed by atoms with Crippen LogP contribution in [0.15, 0.2) is 54.6 Å². The molecular weight excluding hydrogens is 461 g/mol. The van der Waals surface area contributed by atoms with Crippen LogP contribution in [-0.2, 0) is 16.0 Å². The summed E-state index contributed by atoms with van der Waals surface area (Å²) >= 11 is 0. The number of aliphatic carboxylic acids is 1. The number of β-amino-alcohol motifs (C(OH)–C–C–N with tert-alkyl or cyclic N) is 1. The number of carboxylic acids is 1. The van der Waals surface area contributed by atoms with E-state index in [0.717, 1.165) is 6.42 Å². The molecule has 4 unspecified atom stereocenters. The van der Waals surface area contributed by atoms with E-state index in [0.29, 0.717) is 17.7 Å². The smallest absolute Gasteiger partial charge is 0.311 e. The zero-order chi connectivity index (χ0) is 25.6. The molecule has 7 heteroatoms. The molecular formula is C29H32FNO5. The molecule has 36 heavy (non-hydrogen) atoms. The maximum absolute atomic E-state index is 14.3. The third-order valence-corrected chi connectivity index (χ3v) is 7.26. The summed E-state index contributed by atoms with van der Waals surface area (Å²) in [6, 6.07) is 17.7. The Bertz CT molecular complexity index is 1290. The molecule has 5 atom stereocenters. The summed E-state index contributed by atoms with van der Waals surface area (Å²) in [5.41, 5.74) is 2.27. The Hall–Kier alpha value is -3.00. The van der Waals surface area contributed by atoms with E-state index in [4.69, 9.17) is 9.47 Å².